The van der Waals surface area contributed by atoms with Crippen LogP contribution in [0.25, 0.3) is 0 Å². The number of hydrogen-bond acceptors (Lipinski definition) is 2. The molecule has 14 heavy (non-hydrogen) atoms. The maximum absolute atomic E-state index is 6.06. The molecule has 2 heteroatoms. The van der Waals surface area contributed by atoms with Crippen molar-refractivity contribution in [3.05, 3.63) is 0 Å². The van der Waals surface area contributed by atoms with Gasteiger partial charge in [-0.1, -0.05) is 32.6 Å². The van der Waals surface area contributed by atoms with Crippen molar-refractivity contribution in [3.63, 3.8) is 0 Å². The maximum atomic E-state index is 6.06. The lowest BCUT2D eigenvalue weighted by molar-refractivity contribution is 0.230. The van der Waals surface area contributed by atoms with Crippen molar-refractivity contribution in [1.82, 2.24) is 4.90 Å². The molecule has 2 N–H and O–H groups in total. The Bertz CT molecular complexity index is 128. The Hall–Kier alpha value is -0.0800. The van der Waals surface area contributed by atoms with E-state index >= 15 is 0 Å². The molecule has 1 saturated heterocycles. The first kappa shape index (κ1) is 12.0. The number of rotatable bonds is 4. The molecular formula is C12H26N2. The molecule has 0 aromatic heterocycles. The van der Waals surface area contributed by atoms with E-state index in [2.05, 4.69) is 11.8 Å². The third kappa shape index (κ3) is 4.97. The maximum Gasteiger partial charge on any atom is 0.0167 e. The minimum atomic E-state index is 0.402. The standard InChI is InChI=1S/C12H26N2/c1-2-8-12(13)11-14-9-6-4-3-5-7-10-14/h12H,2-11,13H2,1H3/t12-/m1/s1. The molecule has 1 fully saturated rings. The van der Waals surface area contributed by atoms with Gasteiger partial charge in [0.2, 0.25) is 0 Å². The van der Waals surface area contributed by atoms with Gasteiger partial charge in [0.25, 0.3) is 0 Å². The van der Waals surface area contributed by atoms with Gasteiger partial charge >= 0.3 is 0 Å². The van der Waals surface area contributed by atoms with E-state index in [-0.39, 0.29) is 0 Å². The van der Waals surface area contributed by atoms with Crippen LogP contribution >= 0.6 is 0 Å². The Morgan fingerprint density at radius 2 is 1.64 bits per heavy atom. The number of nitrogens with two attached hydrogens (primary N) is 1. The second-order valence-corrected chi connectivity index (χ2v) is 4.62. The number of likely N-dealkylation sites (tertiary alicyclic amines) is 1. The highest BCUT2D eigenvalue weighted by Crippen LogP contribution is 2.11. The van der Waals surface area contributed by atoms with E-state index in [1.165, 1.54) is 58.0 Å². The summed E-state index contributed by atoms with van der Waals surface area (Å²) < 4.78 is 0. The molecule has 0 spiro atoms. The van der Waals surface area contributed by atoms with Gasteiger partial charge in [0.1, 0.15) is 0 Å². The van der Waals surface area contributed by atoms with E-state index in [1.807, 2.05) is 0 Å². The van der Waals surface area contributed by atoms with Gasteiger partial charge in [0, 0.05) is 12.6 Å². The van der Waals surface area contributed by atoms with Crippen LogP contribution in [-0.2, 0) is 0 Å². The summed E-state index contributed by atoms with van der Waals surface area (Å²) in [6, 6.07) is 0.402. The fourth-order valence-electron chi connectivity index (χ4n) is 2.29. The molecule has 0 saturated carbocycles. The van der Waals surface area contributed by atoms with Gasteiger partial charge in [-0.15, -0.1) is 0 Å². The van der Waals surface area contributed by atoms with Crippen LogP contribution < -0.4 is 5.73 Å². The van der Waals surface area contributed by atoms with Crippen molar-refractivity contribution in [2.75, 3.05) is 19.6 Å². The molecule has 0 bridgehead atoms. The third-order valence-electron chi connectivity index (χ3n) is 3.10. The Morgan fingerprint density at radius 3 is 2.21 bits per heavy atom. The summed E-state index contributed by atoms with van der Waals surface area (Å²) in [6.07, 6.45) is 9.41. The van der Waals surface area contributed by atoms with Gasteiger partial charge in [0.15, 0.2) is 0 Å². The van der Waals surface area contributed by atoms with Crippen LogP contribution in [-0.4, -0.2) is 30.6 Å². The molecule has 2 nitrogen and oxygen atoms in total. The van der Waals surface area contributed by atoms with Crippen molar-refractivity contribution in [1.29, 1.82) is 0 Å². The second-order valence-electron chi connectivity index (χ2n) is 4.62. The molecule has 0 radical (unpaired) electrons. The van der Waals surface area contributed by atoms with Gasteiger partial charge in [0.05, 0.1) is 0 Å². The lowest BCUT2D eigenvalue weighted by atomic mass is 10.1. The molecular weight excluding hydrogens is 172 g/mol. The SMILES string of the molecule is CCC[C@@H](N)CN1CCCCCCC1. The largest absolute Gasteiger partial charge is 0.327 e. The van der Waals surface area contributed by atoms with Gasteiger partial charge in [-0.3, -0.25) is 0 Å². The van der Waals surface area contributed by atoms with E-state index in [9.17, 15) is 0 Å². The topological polar surface area (TPSA) is 29.3 Å². The van der Waals surface area contributed by atoms with Crippen molar-refractivity contribution in [2.45, 2.75) is 57.9 Å². The van der Waals surface area contributed by atoms with E-state index in [1.54, 1.807) is 0 Å². The van der Waals surface area contributed by atoms with Crippen LogP contribution in [0.5, 0.6) is 0 Å². The zero-order valence-corrected chi connectivity index (χ0v) is 9.67. The predicted molar refractivity (Wildman–Crippen MR) is 62.4 cm³/mol. The monoisotopic (exact) mass is 198 g/mol. The summed E-state index contributed by atoms with van der Waals surface area (Å²) in [6.45, 7) is 5.88. The first-order valence-electron chi connectivity index (χ1n) is 6.31. The van der Waals surface area contributed by atoms with Crippen molar-refractivity contribution >= 4 is 0 Å². The molecule has 0 unspecified atom stereocenters. The quantitative estimate of drug-likeness (QED) is 0.751. The average Bonchev–Trinajstić information content (AvgIpc) is 2.10. The summed E-state index contributed by atoms with van der Waals surface area (Å²) >= 11 is 0. The van der Waals surface area contributed by atoms with Gasteiger partial charge in [-0.25, -0.2) is 0 Å². The van der Waals surface area contributed by atoms with Crippen molar-refractivity contribution < 1.29 is 0 Å². The minimum absolute atomic E-state index is 0.402. The third-order valence-corrected chi connectivity index (χ3v) is 3.10. The summed E-state index contributed by atoms with van der Waals surface area (Å²) in [4.78, 5) is 2.57. The Labute approximate surface area is 88.8 Å². The smallest absolute Gasteiger partial charge is 0.0167 e. The second kappa shape index (κ2) is 7.24. The zero-order chi connectivity index (χ0) is 10.2. The van der Waals surface area contributed by atoms with Crippen LogP contribution in [0.4, 0.5) is 0 Å². The average molecular weight is 198 g/mol. The summed E-state index contributed by atoms with van der Waals surface area (Å²) in [7, 11) is 0. The summed E-state index contributed by atoms with van der Waals surface area (Å²) in [5, 5.41) is 0. The van der Waals surface area contributed by atoms with E-state index in [0.29, 0.717) is 6.04 Å². The van der Waals surface area contributed by atoms with Gasteiger partial charge < -0.3 is 10.6 Å². The Kier molecular flexibility index (Phi) is 6.20. The van der Waals surface area contributed by atoms with Crippen LogP contribution in [0.15, 0.2) is 0 Å². The van der Waals surface area contributed by atoms with Crippen molar-refractivity contribution in [2.24, 2.45) is 5.73 Å². The van der Waals surface area contributed by atoms with Gasteiger partial charge in [-0.2, -0.15) is 0 Å². The summed E-state index contributed by atoms with van der Waals surface area (Å²) in [5.74, 6) is 0. The summed E-state index contributed by atoms with van der Waals surface area (Å²) in [5.41, 5.74) is 6.06. The van der Waals surface area contributed by atoms with E-state index < -0.39 is 0 Å². The number of hydrogen-bond donors (Lipinski definition) is 1. The molecule has 0 aliphatic carbocycles. The predicted octanol–water partition coefficient (Wildman–Crippen LogP) is 2.38. The lowest BCUT2D eigenvalue weighted by Crippen LogP contribution is -2.39. The highest BCUT2D eigenvalue weighted by Gasteiger charge is 2.11. The number of nitrogens with zero attached hydrogens (tertiary/aromatic N) is 1. The molecule has 1 aliphatic heterocycles. The molecule has 1 aliphatic rings. The highest BCUT2D eigenvalue weighted by atomic mass is 15.1. The molecule has 1 rings (SSSR count). The normalized spacial score (nSPS) is 22.7. The molecule has 84 valence electrons. The molecule has 0 aromatic rings. The first-order chi connectivity index (χ1) is 6.83. The molecule has 1 atom stereocenters. The van der Waals surface area contributed by atoms with Crippen LogP contribution in [0.3, 0.4) is 0 Å². The Balaban J connectivity index is 2.19. The zero-order valence-electron chi connectivity index (χ0n) is 9.67. The van der Waals surface area contributed by atoms with Gasteiger partial charge in [-0.05, 0) is 32.4 Å². The highest BCUT2D eigenvalue weighted by molar-refractivity contribution is 4.69. The fourth-order valence-corrected chi connectivity index (χ4v) is 2.29. The van der Waals surface area contributed by atoms with Crippen LogP contribution in [0.2, 0.25) is 0 Å². The molecule has 0 aromatic carbocycles. The Morgan fingerprint density at radius 1 is 1.07 bits per heavy atom. The molecule has 1 heterocycles. The minimum Gasteiger partial charge on any atom is -0.327 e. The lowest BCUT2D eigenvalue weighted by Gasteiger charge is -2.27. The van der Waals surface area contributed by atoms with E-state index in [4.69, 9.17) is 5.73 Å². The fraction of sp³-hybridized carbons (Fsp3) is 1.00. The van der Waals surface area contributed by atoms with Crippen LogP contribution in [0.1, 0.15) is 51.9 Å². The van der Waals surface area contributed by atoms with Crippen LogP contribution in [0, 0.1) is 0 Å². The molecule has 0 amide bonds. The van der Waals surface area contributed by atoms with Crippen molar-refractivity contribution in [3.8, 4) is 0 Å². The first-order valence-corrected chi connectivity index (χ1v) is 6.31. The van der Waals surface area contributed by atoms with E-state index in [0.717, 1.165) is 6.54 Å².